The Morgan fingerprint density at radius 3 is 2.47 bits per heavy atom. The molecule has 0 saturated heterocycles. The van der Waals surface area contributed by atoms with Gasteiger partial charge in [0, 0.05) is 26.0 Å². The van der Waals surface area contributed by atoms with Crippen molar-refractivity contribution in [2.75, 3.05) is 19.0 Å². The Bertz CT molecular complexity index is 356. The number of carbonyl (C=O) groups is 1. The normalized spacial score (nSPS) is 10.3. The highest BCUT2D eigenvalue weighted by atomic mass is 16.2. The van der Waals surface area contributed by atoms with E-state index in [0.717, 1.165) is 11.3 Å². The number of hydrogen-bond donors (Lipinski definition) is 2. The number of benzene rings is 1. The average molecular weight is 206 g/mol. The van der Waals surface area contributed by atoms with Crippen LogP contribution in [0.5, 0.6) is 0 Å². The molecule has 0 aliphatic rings. The van der Waals surface area contributed by atoms with Crippen molar-refractivity contribution < 1.29 is 4.79 Å². The minimum Gasteiger partial charge on any atom is -0.378 e. The van der Waals surface area contributed by atoms with Crippen LogP contribution in [0.25, 0.3) is 0 Å². The fraction of sp³-hybridized carbons (Fsp3) is 0.200. The Morgan fingerprint density at radius 1 is 1.40 bits per heavy atom. The summed E-state index contributed by atoms with van der Waals surface area (Å²) in [5, 5.41) is 0. The SMILES string of the molecule is CN(C)c1ccc(C=NC(=O)NN)cc1. The lowest BCUT2D eigenvalue weighted by atomic mass is 10.2. The molecule has 5 nitrogen and oxygen atoms in total. The third-order valence-electron chi connectivity index (χ3n) is 1.86. The first-order valence-corrected chi connectivity index (χ1v) is 4.45. The summed E-state index contributed by atoms with van der Waals surface area (Å²) >= 11 is 0. The van der Waals surface area contributed by atoms with E-state index in [1.807, 2.05) is 48.7 Å². The molecule has 5 heteroatoms. The van der Waals surface area contributed by atoms with Crippen LogP contribution in [0.2, 0.25) is 0 Å². The molecule has 1 aromatic rings. The lowest BCUT2D eigenvalue weighted by Crippen LogP contribution is -2.26. The quantitative estimate of drug-likeness (QED) is 0.325. The first-order chi connectivity index (χ1) is 7.13. The number of nitrogens with zero attached hydrogens (tertiary/aromatic N) is 2. The van der Waals surface area contributed by atoms with Crippen LogP contribution in [0.3, 0.4) is 0 Å². The summed E-state index contributed by atoms with van der Waals surface area (Å²) in [7, 11) is 3.93. The molecule has 15 heavy (non-hydrogen) atoms. The van der Waals surface area contributed by atoms with Crippen molar-refractivity contribution in [1.29, 1.82) is 0 Å². The predicted molar refractivity (Wildman–Crippen MR) is 61.1 cm³/mol. The van der Waals surface area contributed by atoms with Crippen LogP contribution in [0, 0.1) is 0 Å². The first kappa shape index (κ1) is 11.2. The van der Waals surface area contributed by atoms with Crippen molar-refractivity contribution in [3.05, 3.63) is 29.8 Å². The van der Waals surface area contributed by atoms with Gasteiger partial charge in [0.25, 0.3) is 0 Å². The zero-order valence-electron chi connectivity index (χ0n) is 8.77. The van der Waals surface area contributed by atoms with E-state index in [4.69, 9.17) is 5.84 Å². The Hall–Kier alpha value is -1.88. The van der Waals surface area contributed by atoms with Gasteiger partial charge in [-0.05, 0) is 17.7 Å². The standard InChI is InChI=1S/C10H14N4O/c1-14(2)9-5-3-8(4-6-9)7-12-10(15)13-11/h3-7H,11H2,1-2H3,(H,13,15). The maximum Gasteiger partial charge on any atom is 0.355 e. The molecule has 1 rings (SSSR count). The first-order valence-electron chi connectivity index (χ1n) is 4.45. The molecule has 0 aliphatic heterocycles. The third-order valence-corrected chi connectivity index (χ3v) is 1.86. The van der Waals surface area contributed by atoms with Gasteiger partial charge in [0.1, 0.15) is 0 Å². The van der Waals surface area contributed by atoms with E-state index in [-0.39, 0.29) is 0 Å². The van der Waals surface area contributed by atoms with E-state index in [1.165, 1.54) is 6.21 Å². The third kappa shape index (κ3) is 3.40. The van der Waals surface area contributed by atoms with Gasteiger partial charge in [-0.25, -0.2) is 15.6 Å². The van der Waals surface area contributed by atoms with Crippen LogP contribution in [0.1, 0.15) is 5.56 Å². The zero-order chi connectivity index (χ0) is 11.3. The lowest BCUT2D eigenvalue weighted by molar-refractivity contribution is 0.249. The van der Waals surface area contributed by atoms with Crippen LogP contribution >= 0.6 is 0 Å². The Morgan fingerprint density at radius 2 is 2.00 bits per heavy atom. The molecule has 0 aromatic heterocycles. The van der Waals surface area contributed by atoms with Crippen LogP contribution < -0.4 is 16.2 Å². The molecule has 0 unspecified atom stereocenters. The van der Waals surface area contributed by atoms with E-state index >= 15 is 0 Å². The van der Waals surface area contributed by atoms with E-state index in [0.29, 0.717) is 0 Å². The fourth-order valence-electron chi connectivity index (χ4n) is 1.03. The van der Waals surface area contributed by atoms with Crippen LogP contribution in [0.15, 0.2) is 29.3 Å². The van der Waals surface area contributed by atoms with Gasteiger partial charge in [-0.15, -0.1) is 0 Å². The van der Waals surface area contributed by atoms with Crippen LogP contribution in [-0.2, 0) is 0 Å². The van der Waals surface area contributed by atoms with E-state index < -0.39 is 6.03 Å². The number of hydrazine groups is 1. The molecule has 0 atom stereocenters. The number of aliphatic imine (C=N–C) groups is 1. The largest absolute Gasteiger partial charge is 0.378 e. The Kier molecular flexibility index (Phi) is 3.82. The van der Waals surface area contributed by atoms with Gasteiger partial charge in [-0.2, -0.15) is 0 Å². The van der Waals surface area contributed by atoms with Gasteiger partial charge in [0.15, 0.2) is 0 Å². The van der Waals surface area contributed by atoms with E-state index in [2.05, 4.69) is 4.99 Å². The number of anilines is 1. The summed E-state index contributed by atoms with van der Waals surface area (Å²) in [5.41, 5.74) is 3.86. The molecule has 0 spiro atoms. The van der Waals surface area contributed by atoms with Gasteiger partial charge >= 0.3 is 6.03 Å². The predicted octanol–water partition coefficient (Wildman–Crippen LogP) is 0.755. The summed E-state index contributed by atoms with van der Waals surface area (Å²) in [4.78, 5) is 16.3. The fourth-order valence-corrected chi connectivity index (χ4v) is 1.03. The molecule has 0 bridgehead atoms. The van der Waals surface area contributed by atoms with Gasteiger partial charge in [-0.3, -0.25) is 5.43 Å². The van der Waals surface area contributed by atoms with Gasteiger partial charge < -0.3 is 4.90 Å². The second-order valence-electron chi connectivity index (χ2n) is 3.19. The molecule has 0 saturated carbocycles. The number of rotatable bonds is 2. The minimum absolute atomic E-state index is 0.563. The second-order valence-corrected chi connectivity index (χ2v) is 3.19. The summed E-state index contributed by atoms with van der Waals surface area (Å²) < 4.78 is 0. The molecule has 0 aliphatic carbocycles. The van der Waals surface area contributed by atoms with Crippen molar-refractivity contribution >= 4 is 17.9 Å². The van der Waals surface area contributed by atoms with Gasteiger partial charge in [-0.1, -0.05) is 12.1 Å². The van der Waals surface area contributed by atoms with Crippen molar-refractivity contribution in [1.82, 2.24) is 5.43 Å². The number of carbonyl (C=O) groups excluding carboxylic acids is 1. The molecule has 0 fully saturated rings. The summed E-state index contributed by atoms with van der Waals surface area (Å²) in [6.45, 7) is 0. The Balaban J connectivity index is 2.72. The van der Waals surface area contributed by atoms with Gasteiger partial charge in [0.05, 0.1) is 0 Å². The van der Waals surface area contributed by atoms with E-state index in [1.54, 1.807) is 0 Å². The average Bonchev–Trinajstić information content (AvgIpc) is 2.26. The highest BCUT2D eigenvalue weighted by molar-refractivity contribution is 5.91. The van der Waals surface area contributed by atoms with Crippen molar-refractivity contribution in [2.45, 2.75) is 0 Å². The topological polar surface area (TPSA) is 70.7 Å². The maximum absolute atomic E-state index is 10.7. The second kappa shape index (κ2) is 5.11. The Labute approximate surface area is 88.6 Å². The molecule has 0 heterocycles. The smallest absolute Gasteiger partial charge is 0.355 e. The highest BCUT2D eigenvalue weighted by Gasteiger charge is 1.95. The zero-order valence-corrected chi connectivity index (χ0v) is 8.77. The molecule has 80 valence electrons. The summed E-state index contributed by atoms with van der Waals surface area (Å²) in [6, 6.07) is 7.08. The monoisotopic (exact) mass is 206 g/mol. The number of nitrogens with two attached hydrogens (primary N) is 1. The highest BCUT2D eigenvalue weighted by Crippen LogP contribution is 2.10. The number of hydrogen-bond acceptors (Lipinski definition) is 3. The molecule has 3 N–H and O–H groups in total. The molecule has 0 radical (unpaired) electrons. The van der Waals surface area contributed by atoms with E-state index in [9.17, 15) is 4.79 Å². The molecular formula is C10H14N4O. The molecular weight excluding hydrogens is 192 g/mol. The van der Waals surface area contributed by atoms with Crippen LogP contribution in [-0.4, -0.2) is 26.3 Å². The van der Waals surface area contributed by atoms with Crippen molar-refractivity contribution in [3.8, 4) is 0 Å². The van der Waals surface area contributed by atoms with Crippen LogP contribution in [0.4, 0.5) is 10.5 Å². The maximum atomic E-state index is 10.7. The van der Waals surface area contributed by atoms with Crippen molar-refractivity contribution in [3.63, 3.8) is 0 Å². The number of amides is 2. The van der Waals surface area contributed by atoms with Gasteiger partial charge in [0.2, 0.25) is 0 Å². The summed E-state index contributed by atoms with van der Waals surface area (Å²) in [6.07, 6.45) is 1.46. The molecule has 2 amide bonds. The molecule has 1 aromatic carbocycles. The number of nitrogens with one attached hydrogen (secondary N) is 1. The number of urea groups is 1. The lowest BCUT2D eigenvalue weighted by Gasteiger charge is -2.11. The van der Waals surface area contributed by atoms with Crippen molar-refractivity contribution in [2.24, 2.45) is 10.8 Å². The summed E-state index contributed by atoms with van der Waals surface area (Å²) in [5.74, 6) is 4.88. The minimum atomic E-state index is -0.563.